The van der Waals surface area contributed by atoms with Crippen molar-refractivity contribution in [2.75, 3.05) is 4.90 Å². The molecular formula is C23H22ClN5O. The zero-order valence-electron chi connectivity index (χ0n) is 16.5. The van der Waals surface area contributed by atoms with Gasteiger partial charge in [-0.2, -0.15) is 5.26 Å². The third kappa shape index (κ3) is 2.81. The Morgan fingerprint density at radius 1 is 1.27 bits per heavy atom. The summed E-state index contributed by atoms with van der Waals surface area (Å²) in [5.41, 5.74) is 9.38. The molecule has 1 aliphatic heterocycles. The van der Waals surface area contributed by atoms with E-state index in [1.807, 2.05) is 41.3 Å². The number of hydrogen-bond acceptors (Lipinski definition) is 4. The molecule has 0 saturated heterocycles. The smallest absolute Gasteiger partial charge is 0.238 e. The van der Waals surface area contributed by atoms with Crippen LogP contribution in [-0.2, 0) is 23.3 Å². The topological polar surface area (TPSA) is 87.9 Å². The van der Waals surface area contributed by atoms with Crippen LogP contribution in [0.5, 0.6) is 0 Å². The molecule has 5 rings (SSSR count). The van der Waals surface area contributed by atoms with Crippen LogP contribution in [0.4, 0.5) is 5.69 Å². The molecule has 1 spiro atoms. The summed E-state index contributed by atoms with van der Waals surface area (Å²) in [4.78, 5) is 20.2. The molecule has 2 aliphatic rings. The van der Waals surface area contributed by atoms with E-state index in [1.165, 1.54) is 0 Å². The number of aryl methyl sites for hydroxylation is 1. The SMILES string of the molecule is N#CCCCn1c(CN2C(=O)C3(CC(N)C3)c3ccccc32)nc2cc(Cl)ccc21. The maximum atomic E-state index is 13.5. The van der Waals surface area contributed by atoms with Gasteiger partial charge in [-0.05, 0) is 49.1 Å². The number of nitriles is 1. The number of nitrogens with zero attached hydrogens (tertiary/aromatic N) is 4. The molecule has 1 amide bonds. The number of unbranched alkanes of at least 4 members (excludes halogenated alkanes) is 1. The number of hydrogen-bond donors (Lipinski definition) is 1. The van der Waals surface area contributed by atoms with Gasteiger partial charge < -0.3 is 15.2 Å². The minimum Gasteiger partial charge on any atom is -0.328 e. The van der Waals surface area contributed by atoms with Gasteiger partial charge in [0.05, 0.1) is 29.1 Å². The number of aromatic nitrogens is 2. The molecule has 2 aromatic carbocycles. The molecular weight excluding hydrogens is 398 g/mol. The summed E-state index contributed by atoms with van der Waals surface area (Å²) in [6.45, 7) is 1.05. The third-order valence-corrected chi connectivity index (χ3v) is 6.58. The predicted octanol–water partition coefficient (Wildman–Crippen LogP) is 3.90. The lowest BCUT2D eigenvalue weighted by Gasteiger charge is -2.42. The predicted molar refractivity (Wildman–Crippen MR) is 116 cm³/mol. The normalized spacial score (nSPS) is 22.4. The maximum Gasteiger partial charge on any atom is 0.238 e. The summed E-state index contributed by atoms with van der Waals surface area (Å²) in [6.07, 6.45) is 2.57. The fourth-order valence-corrected chi connectivity index (χ4v) is 5.13. The summed E-state index contributed by atoms with van der Waals surface area (Å²) >= 11 is 6.18. The van der Waals surface area contributed by atoms with Crippen LogP contribution in [0.2, 0.25) is 5.02 Å². The average Bonchev–Trinajstić information content (AvgIpc) is 3.16. The van der Waals surface area contributed by atoms with E-state index in [1.54, 1.807) is 0 Å². The van der Waals surface area contributed by atoms with Gasteiger partial charge in [0, 0.05) is 29.7 Å². The lowest BCUT2D eigenvalue weighted by Crippen LogP contribution is -2.54. The second-order valence-corrected chi connectivity index (χ2v) is 8.67. The largest absolute Gasteiger partial charge is 0.328 e. The monoisotopic (exact) mass is 419 g/mol. The van der Waals surface area contributed by atoms with Gasteiger partial charge >= 0.3 is 0 Å². The molecule has 2 heterocycles. The fraction of sp³-hybridized carbons (Fsp3) is 0.348. The van der Waals surface area contributed by atoms with Gasteiger partial charge in [-0.1, -0.05) is 29.8 Å². The number of amides is 1. The van der Waals surface area contributed by atoms with Crippen molar-refractivity contribution >= 4 is 34.2 Å². The molecule has 3 aromatic rings. The number of rotatable bonds is 5. The van der Waals surface area contributed by atoms with Crippen molar-refractivity contribution in [3.63, 3.8) is 0 Å². The van der Waals surface area contributed by atoms with Gasteiger partial charge in [0.25, 0.3) is 0 Å². The van der Waals surface area contributed by atoms with Crippen molar-refractivity contribution in [2.24, 2.45) is 5.73 Å². The quantitative estimate of drug-likeness (QED) is 0.635. The van der Waals surface area contributed by atoms with Gasteiger partial charge in [-0.15, -0.1) is 0 Å². The summed E-state index contributed by atoms with van der Waals surface area (Å²) in [5.74, 6) is 0.910. The minimum atomic E-state index is -0.489. The molecule has 0 unspecified atom stereocenters. The Morgan fingerprint density at radius 3 is 2.83 bits per heavy atom. The highest BCUT2D eigenvalue weighted by Crippen LogP contribution is 2.53. The van der Waals surface area contributed by atoms with E-state index in [0.29, 0.717) is 37.4 Å². The standard InChI is InChI=1S/C23H22ClN5O/c24-15-7-8-20-18(11-15)27-21(28(20)10-4-3-9-25)14-29-19-6-2-1-5-17(19)23(22(29)30)12-16(26)13-23/h1-2,5-8,11,16H,3-4,10,12-14,26H2. The Hall–Kier alpha value is -2.88. The highest BCUT2D eigenvalue weighted by atomic mass is 35.5. The van der Waals surface area contributed by atoms with Crippen LogP contribution in [0.1, 0.15) is 37.1 Å². The van der Waals surface area contributed by atoms with Crippen molar-refractivity contribution in [1.29, 1.82) is 5.26 Å². The van der Waals surface area contributed by atoms with Crippen LogP contribution in [0.15, 0.2) is 42.5 Å². The van der Waals surface area contributed by atoms with Crippen LogP contribution < -0.4 is 10.6 Å². The molecule has 30 heavy (non-hydrogen) atoms. The first-order chi connectivity index (χ1) is 14.5. The number of anilines is 1. The highest BCUT2D eigenvalue weighted by molar-refractivity contribution is 6.31. The van der Waals surface area contributed by atoms with E-state index in [2.05, 4.69) is 16.7 Å². The van der Waals surface area contributed by atoms with Gasteiger partial charge in [0.15, 0.2) is 0 Å². The van der Waals surface area contributed by atoms with Gasteiger partial charge in [-0.3, -0.25) is 4.79 Å². The van der Waals surface area contributed by atoms with E-state index < -0.39 is 5.41 Å². The molecule has 1 saturated carbocycles. The first-order valence-corrected chi connectivity index (χ1v) is 10.6. The van der Waals surface area contributed by atoms with E-state index in [-0.39, 0.29) is 11.9 Å². The Labute approximate surface area is 179 Å². The number of halogens is 1. The summed E-state index contributed by atoms with van der Waals surface area (Å²) in [6, 6.07) is 15.9. The molecule has 1 aliphatic carbocycles. The number of carbonyl (C=O) groups excluding carboxylic acids is 1. The minimum absolute atomic E-state index is 0.0691. The number of nitrogens with two attached hydrogens (primary N) is 1. The number of para-hydroxylation sites is 1. The van der Waals surface area contributed by atoms with Crippen LogP contribution >= 0.6 is 11.6 Å². The van der Waals surface area contributed by atoms with E-state index in [4.69, 9.17) is 27.6 Å². The zero-order valence-corrected chi connectivity index (χ0v) is 17.3. The van der Waals surface area contributed by atoms with Crippen molar-refractivity contribution in [3.05, 3.63) is 58.9 Å². The molecule has 1 aromatic heterocycles. The van der Waals surface area contributed by atoms with Crippen molar-refractivity contribution < 1.29 is 4.79 Å². The van der Waals surface area contributed by atoms with Crippen LogP contribution in [0, 0.1) is 11.3 Å². The molecule has 0 bridgehead atoms. The van der Waals surface area contributed by atoms with E-state index >= 15 is 0 Å². The Balaban J connectivity index is 1.55. The molecule has 6 nitrogen and oxygen atoms in total. The summed E-state index contributed by atoms with van der Waals surface area (Å²) in [5, 5.41) is 9.57. The van der Waals surface area contributed by atoms with Gasteiger partial charge in [-0.25, -0.2) is 4.98 Å². The molecule has 0 atom stereocenters. The molecule has 1 fully saturated rings. The maximum absolute atomic E-state index is 13.5. The Kier molecular flexibility index (Phi) is 4.53. The molecule has 0 radical (unpaired) electrons. The van der Waals surface area contributed by atoms with Crippen LogP contribution in [0.25, 0.3) is 11.0 Å². The first-order valence-electron chi connectivity index (χ1n) is 10.2. The second-order valence-electron chi connectivity index (χ2n) is 8.23. The zero-order chi connectivity index (χ0) is 20.9. The van der Waals surface area contributed by atoms with Gasteiger partial charge in [0.2, 0.25) is 5.91 Å². The lowest BCUT2D eigenvalue weighted by molar-refractivity contribution is -0.126. The summed E-state index contributed by atoms with van der Waals surface area (Å²) in [7, 11) is 0. The average molecular weight is 420 g/mol. The van der Waals surface area contributed by atoms with Crippen molar-refractivity contribution in [3.8, 4) is 6.07 Å². The number of benzene rings is 2. The number of fused-ring (bicyclic) bond motifs is 3. The van der Waals surface area contributed by atoms with E-state index in [0.717, 1.165) is 34.5 Å². The van der Waals surface area contributed by atoms with Crippen molar-refractivity contribution in [2.45, 2.75) is 50.2 Å². The number of carbonyl (C=O) groups is 1. The fourth-order valence-electron chi connectivity index (χ4n) is 4.96. The molecule has 2 N–H and O–H groups in total. The Morgan fingerprint density at radius 2 is 2.07 bits per heavy atom. The molecule has 152 valence electrons. The van der Waals surface area contributed by atoms with Crippen LogP contribution in [0.3, 0.4) is 0 Å². The molecule has 7 heteroatoms. The van der Waals surface area contributed by atoms with Crippen molar-refractivity contribution in [1.82, 2.24) is 9.55 Å². The summed E-state index contributed by atoms with van der Waals surface area (Å²) < 4.78 is 2.11. The highest BCUT2D eigenvalue weighted by Gasteiger charge is 2.57. The third-order valence-electron chi connectivity index (χ3n) is 6.35. The lowest BCUT2D eigenvalue weighted by atomic mass is 9.62. The van der Waals surface area contributed by atoms with E-state index in [9.17, 15) is 4.79 Å². The van der Waals surface area contributed by atoms with Gasteiger partial charge in [0.1, 0.15) is 5.82 Å². The van der Waals surface area contributed by atoms with Crippen LogP contribution in [-0.4, -0.2) is 21.5 Å². The first kappa shape index (κ1) is 19.1. The second kappa shape index (κ2) is 7.12. The Bertz CT molecular complexity index is 1190. The number of imidazole rings is 1.